The highest BCUT2D eigenvalue weighted by Gasteiger charge is 1.76. The molecule has 0 rings (SSSR count). The summed E-state index contributed by atoms with van der Waals surface area (Å²) in [5, 5.41) is 8.13. The monoisotopic (exact) mass is 192 g/mol. The van der Waals surface area contributed by atoms with Crippen molar-refractivity contribution in [3.8, 4) is 0 Å². The van der Waals surface area contributed by atoms with Gasteiger partial charge in [0.1, 0.15) is 0 Å². The van der Waals surface area contributed by atoms with Crippen molar-refractivity contribution in [2.45, 2.75) is 0 Å². The molecule has 0 aliphatic carbocycles. The molecule has 0 saturated carbocycles. The molecule has 0 aromatic carbocycles. The Morgan fingerprint density at radius 1 is 1.15 bits per heavy atom. The van der Waals surface area contributed by atoms with E-state index in [0.717, 1.165) is 0 Å². The quantitative estimate of drug-likeness (QED) is 0.470. The number of aliphatic hydroxyl groups is 1. The lowest BCUT2D eigenvalue weighted by Gasteiger charge is -1.92. The lowest BCUT2D eigenvalue weighted by molar-refractivity contribution is 0.103. The van der Waals surface area contributed by atoms with Gasteiger partial charge in [-0.3, -0.25) is 0 Å². The lowest BCUT2D eigenvalue weighted by atomic mass is 10.7. The molecule has 0 aliphatic rings. The van der Waals surface area contributed by atoms with Crippen LogP contribution in [0.1, 0.15) is 0 Å². The van der Waals surface area contributed by atoms with E-state index in [9.17, 15) is 0 Å². The van der Waals surface area contributed by atoms with Crippen molar-refractivity contribution in [1.29, 1.82) is 0 Å². The molecular formula is C9H20O4. The van der Waals surface area contributed by atoms with E-state index < -0.39 is 0 Å². The molecule has 80 valence electrons. The van der Waals surface area contributed by atoms with Gasteiger partial charge in [0.2, 0.25) is 0 Å². The minimum absolute atomic E-state index is 0.0911. The van der Waals surface area contributed by atoms with E-state index in [2.05, 4.69) is 16.1 Å². The second kappa shape index (κ2) is 17.6. The minimum Gasteiger partial charge on any atom is -0.394 e. The molecule has 0 aromatic heterocycles. The van der Waals surface area contributed by atoms with E-state index >= 15 is 0 Å². The molecule has 0 spiro atoms. The molecule has 0 fully saturated rings. The molecule has 0 amide bonds. The van der Waals surface area contributed by atoms with Crippen LogP contribution in [-0.2, 0) is 14.2 Å². The summed E-state index contributed by atoms with van der Waals surface area (Å²) in [5.41, 5.74) is 0. The molecule has 0 radical (unpaired) electrons. The fraction of sp³-hybridized carbons (Fsp3) is 0.778. The molecule has 0 bridgehead atoms. The second-order valence-corrected chi connectivity index (χ2v) is 2.07. The number of hydrogen-bond donors (Lipinski definition) is 1. The van der Waals surface area contributed by atoms with Crippen LogP contribution in [0.5, 0.6) is 0 Å². The minimum atomic E-state index is 0.0911. The first-order chi connectivity index (χ1) is 6.33. The summed E-state index contributed by atoms with van der Waals surface area (Å²) >= 11 is 0. The first-order valence-corrected chi connectivity index (χ1v) is 4.10. The number of methoxy groups -OCH3 is 2. The van der Waals surface area contributed by atoms with E-state index in [0.29, 0.717) is 26.4 Å². The van der Waals surface area contributed by atoms with Crippen LogP contribution in [0.2, 0.25) is 0 Å². The van der Waals surface area contributed by atoms with Crippen molar-refractivity contribution in [2.75, 3.05) is 47.3 Å². The highest BCUT2D eigenvalue weighted by atomic mass is 16.5. The van der Waals surface area contributed by atoms with Crippen LogP contribution in [0.3, 0.4) is 0 Å². The Bertz CT molecular complexity index is 81.7. The van der Waals surface area contributed by atoms with Crippen LogP contribution in [-0.4, -0.2) is 52.4 Å². The van der Waals surface area contributed by atoms with Crippen molar-refractivity contribution in [3.05, 3.63) is 12.7 Å². The van der Waals surface area contributed by atoms with Crippen LogP contribution >= 0.6 is 0 Å². The predicted octanol–water partition coefficient (Wildman–Crippen LogP) is 0.460. The summed E-state index contributed by atoms with van der Waals surface area (Å²) in [6.07, 6.45) is 1.65. The zero-order valence-electron chi connectivity index (χ0n) is 8.49. The van der Waals surface area contributed by atoms with Gasteiger partial charge in [-0.15, -0.1) is 6.58 Å². The molecule has 4 nitrogen and oxygen atoms in total. The highest BCUT2D eigenvalue weighted by Crippen LogP contribution is 1.70. The third kappa shape index (κ3) is 24.5. The van der Waals surface area contributed by atoms with Crippen molar-refractivity contribution in [3.63, 3.8) is 0 Å². The van der Waals surface area contributed by atoms with E-state index in [1.54, 1.807) is 20.3 Å². The normalized spacial score (nSPS) is 8.85. The zero-order chi connectivity index (χ0) is 10.4. The largest absolute Gasteiger partial charge is 0.394 e. The third-order valence-corrected chi connectivity index (χ3v) is 0.963. The number of ether oxygens (including phenoxy) is 3. The summed E-state index contributed by atoms with van der Waals surface area (Å²) in [6.45, 7) is 5.84. The fourth-order valence-corrected chi connectivity index (χ4v) is 0.398. The molecule has 0 aliphatic heterocycles. The van der Waals surface area contributed by atoms with E-state index in [1.165, 1.54) is 0 Å². The Morgan fingerprint density at radius 2 is 1.69 bits per heavy atom. The Balaban J connectivity index is 0. The SMILES string of the molecule is C=CCOCCO.COCCOC. The highest BCUT2D eigenvalue weighted by molar-refractivity contribution is 4.63. The van der Waals surface area contributed by atoms with Gasteiger partial charge >= 0.3 is 0 Å². The maximum Gasteiger partial charge on any atom is 0.0701 e. The van der Waals surface area contributed by atoms with Crippen LogP contribution < -0.4 is 0 Å². The van der Waals surface area contributed by atoms with Gasteiger partial charge in [0.25, 0.3) is 0 Å². The van der Waals surface area contributed by atoms with Crippen LogP contribution in [0, 0.1) is 0 Å². The molecule has 0 aromatic rings. The molecule has 13 heavy (non-hydrogen) atoms. The van der Waals surface area contributed by atoms with Gasteiger partial charge < -0.3 is 19.3 Å². The van der Waals surface area contributed by atoms with Crippen LogP contribution in [0.4, 0.5) is 0 Å². The predicted molar refractivity (Wildman–Crippen MR) is 51.9 cm³/mol. The zero-order valence-corrected chi connectivity index (χ0v) is 8.49. The molecule has 0 atom stereocenters. The Hall–Kier alpha value is -0.420. The molecule has 0 unspecified atom stereocenters. The summed E-state index contributed by atoms with van der Waals surface area (Å²) in [4.78, 5) is 0. The maximum atomic E-state index is 8.13. The third-order valence-electron chi connectivity index (χ3n) is 0.963. The first kappa shape index (κ1) is 15.1. The second-order valence-electron chi connectivity index (χ2n) is 2.07. The van der Waals surface area contributed by atoms with E-state index in [-0.39, 0.29) is 6.61 Å². The van der Waals surface area contributed by atoms with Gasteiger partial charge in [-0.1, -0.05) is 6.08 Å². The molecular weight excluding hydrogens is 172 g/mol. The molecule has 0 saturated heterocycles. The average Bonchev–Trinajstić information content (AvgIpc) is 2.17. The Morgan fingerprint density at radius 3 is 2.00 bits per heavy atom. The van der Waals surface area contributed by atoms with Gasteiger partial charge in [-0.2, -0.15) is 0 Å². The van der Waals surface area contributed by atoms with Gasteiger partial charge in [0, 0.05) is 14.2 Å². The van der Waals surface area contributed by atoms with Crippen molar-refractivity contribution >= 4 is 0 Å². The molecule has 4 heteroatoms. The summed E-state index contributed by atoms with van der Waals surface area (Å²) in [7, 11) is 3.30. The Kier molecular flexibility index (Phi) is 20.4. The molecule has 1 N–H and O–H groups in total. The topological polar surface area (TPSA) is 47.9 Å². The van der Waals surface area contributed by atoms with Gasteiger partial charge in [-0.25, -0.2) is 0 Å². The van der Waals surface area contributed by atoms with E-state index in [1.807, 2.05) is 0 Å². The average molecular weight is 192 g/mol. The summed E-state index contributed by atoms with van der Waals surface area (Å²) < 4.78 is 14.1. The van der Waals surface area contributed by atoms with Gasteiger partial charge in [0.15, 0.2) is 0 Å². The van der Waals surface area contributed by atoms with Gasteiger partial charge in [0.05, 0.1) is 33.0 Å². The number of hydrogen-bond acceptors (Lipinski definition) is 4. The molecule has 0 heterocycles. The van der Waals surface area contributed by atoms with Crippen LogP contribution in [0.15, 0.2) is 12.7 Å². The van der Waals surface area contributed by atoms with Crippen molar-refractivity contribution in [2.24, 2.45) is 0 Å². The van der Waals surface area contributed by atoms with Gasteiger partial charge in [-0.05, 0) is 0 Å². The Labute approximate surface area is 80.1 Å². The summed E-state index contributed by atoms with van der Waals surface area (Å²) in [6, 6.07) is 0. The number of rotatable bonds is 7. The fourth-order valence-electron chi connectivity index (χ4n) is 0.398. The lowest BCUT2D eigenvalue weighted by Crippen LogP contribution is -1.97. The van der Waals surface area contributed by atoms with Crippen molar-refractivity contribution in [1.82, 2.24) is 0 Å². The standard InChI is InChI=1S/C5H10O2.C4H10O2/c1-2-4-7-5-3-6;1-5-3-4-6-2/h2,6H,1,3-5H2;3-4H2,1-2H3. The smallest absolute Gasteiger partial charge is 0.0701 e. The first-order valence-electron chi connectivity index (χ1n) is 4.10. The van der Waals surface area contributed by atoms with Crippen molar-refractivity contribution < 1.29 is 19.3 Å². The number of aliphatic hydroxyl groups excluding tert-OH is 1. The van der Waals surface area contributed by atoms with Crippen LogP contribution in [0.25, 0.3) is 0 Å². The maximum absolute atomic E-state index is 8.13. The summed E-state index contributed by atoms with van der Waals surface area (Å²) in [5.74, 6) is 0. The van der Waals surface area contributed by atoms with E-state index in [4.69, 9.17) is 9.84 Å².